The molecule has 0 aromatic heterocycles. The molecule has 2 heteroatoms. The van der Waals surface area contributed by atoms with Gasteiger partial charge in [-0.1, -0.05) is 73.5 Å². The van der Waals surface area contributed by atoms with E-state index in [4.69, 9.17) is 0 Å². The number of benzene rings is 2. The third-order valence-electron chi connectivity index (χ3n) is 4.83. The van der Waals surface area contributed by atoms with Crippen LogP contribution in [0.2, 0.25) is 0 Å². The van der Waals surface area contributed by atoms with E-state index >= 15 is 0 Å². The lowest BCUT2D eigenvalue weighted by Crippen LogP contribution is -2.47. The lowest BCUT2D eigenvalue weighted by molar-refractivity contribution is -0.0433. The molecular formula is C19H22O2. The summed E-state index contributed by atoms with van der Waals surface area (Å²) in [6.45, 7) is 0. The number of rotatable bonds is 3. The van der Waals surface area contributed by atoms with E-state index in [9.17, 15) is 10.2 Å². The van der Waals surface area contributed by atoms with Gasteiger partial charge in [0.05, 0.1) is 17.6 Å². The first-order chi connectivity index (χ1) is 10.2. The molecule has 3 rings (SSSR count). The molecule has 2 aromatic carbocycles. The molecule has 0 bridgehead atoms. The van der Waals surface area contributed by atoms with E-state index in [1.165, 1.54) is 0 Å². The Morgan fingerprint density at radius 2 is 1.52 bits per heavy atom. The minimum Gasteiger partial charge on any atom is -0.392 e. The van der Waals surface area contributed by atoms with E-state index in [2.05, 4.69) is 0 Å². The zero-order valence-electron chi connectivity index (χ0n) is 12.2. The number of aliphatic hydroxyl groups is 2. The van der Waals surface area contributed by atoms with Crippen LogP contribution in [0.4, 0.5) is 0 Å². The molecule has 0 aliphatic heterocycles. The van der Waals surface area contributed by atoms with Gasteiger partial charge in [0.15, 0.2) is 0 Å². The van der Waals surface area contributed by atoms with Gasteiger partial charge in [0, 0.05) is 0 Å². The van der Waals surface area contributed by atoms with Crippen molar-refractivity contribution in [3.05, 3.63) is 71.8 Å². The fourth-order valence-corrected chi connectivity index (χ4v) is 3.67. The topological polar surface area (TPSA) is 40.5 Å². The molecule has 2 nitrogen and oxygen atoms in total. The normalized spacial score (nSPS) is 27.2. The van der Waals surface area contributed by atoms with E-state index in [0.717, 1.165) is 36.8 Å². The third kappa shape index (κ3) is 2.50. The highest BCUT2D eigenvalue weighted by Gasteiger charge is 2.47. The van der Waals surface area contributed by atoms with E-state index < -0.39 is 17.6 Å². The summed E-state index contributed by atoms with van der Waals surface area (Å²) in [5, 5.41) is 21.8. The van der Waals surface area contributed by atoms with Crippen molar-refractivity contribution in [2.45, 2.75) is 43.3 Å². The van der Waals surface area contributed by atoms with Crippen LogP contribution in [-0.2, 0) is 5.41 Å². The molecule has 2 N–H and O–H groups in total. The van der Waals surface area contributed by atoms with Gasteiger partial charge in [0.2, 0.25) is 0 Å². The second kappa shape index (κ2) is 6.00. The summed E-state index contributed by atoms with van der Waals surface area (Å²) >= 11 is 0. The van der Waals surface area contributed by atoms with Crippen molar-refractivity contribution in [3.63, 3.8) is 0 Å². The number of aliphatic hydroxyl groups excluding tert-OH is 2. The van der Waals surface area contributed by atoms with Gasteiger partial charge < -0.3 is 10.2 Å². The summed E-state index contributed by atoms with van der Waals surface area (Å²) < 4.78 is 0. The van der Waals surface area contributed by atoms with Crippen molar-refractivity contribution in [1.29, 1.82) is 0 Å². The number of hydrogen-bond donors (Lipinski definition) is 2. The monoisotopic (exact) mass is 282 g/mol. The van der Waals surface area contributed by atoms with Crippen molar-refractivity contribution in [2.24, 2.45) is 0 Å². The highest BCUT2D eigenvalue weighted by atomic mass is 16.3. The van der Waals surface area contributed by atoms with E-state index in [1.54, 1.807) is 0 Å². The molecule has 0 saturated heterocycles. The van der Waals surface area contributed by atoms with Crippen LogP contribution in [0.15, 0.2) is 60.7 Å². The van der Waals surface area contributed by atoms with Crippen LogP contribution in [0, 0.1) is 0 Å². The molecule has 1 fully saturated rings. The first kappa shape index (κ1) is 14.3. The molecule has 3 atom stereocenters. The van der Waals surface area contributed by atoms with E-state index in [0.29, 0.717) is 0 Å². The molecule has 0 heterocycles. The zero-order chi connectivity index (χ0) is 14.7. The molecule has 0 amide bonds. The Bertz CT molecular complexity index is 567. The van der Waals surface area contributed by atoms with Crippen molar-refractivity contribution in [1.82, 2.24) is 0 Å². The standard InChI is InChI=1S/C19H22O2/c20-17-13-7-8-14-19(17,16-11-5-2-6-12-16)18(21)15-9-3-1-4-10-15/h1-6,9-12,17-18,20-21H,7-8,13-14H2/t17-,18+,19-/m0/s1. The Hall–Kier alpha value is -1.64. The molecule has 110 valence electrons. The predicted molar refractivity (Wildman–Crippen MR) is 84.0 cm³/mol. The maximum absolute atomic E-state index is 11.1. The maximum atomic E-state index is 11.1. The average molecular weight is 282 g/mol. The maximum Gasteiger partial charge on any atom is 0.0911 e. The van der Waals surface area contributed by atoms with Crippen molar-refractivity contribution in [3.8, 4) is 0 Å². The van der Waals surface area contributed by atoms with Gasteiger partial charge >= 0.3 is 0 Å². The van der Waals surface area contributed by atoms with Crippen molar-refractivity contribution < 1.29 is 10.2 Å². The summed E-state index contributed by atoms with van der Waals surface area (Å²) in [5.41, 5.74) is 1.32. The van der Waals surface area contributed by atoms with Crippen LogP contribution < -0.4 is 0 Å². The van der Waals surface area contributed by atoms with Gasteiger partial charge in [-0.05, 0) is 24.0 Å². The van der Waals surface area contributed by atoms with Gasteiger partial charge in [-0.2, -0.15) is 0 Å². The molecule has 1 aliphatic rings. The van der Waals surface area contributed by atoms with Gasteiger partial charge in [-0.3, -0.25) is 0 Å². The van der Waals surface area contributed by atoms with Crippen LogP contribution in [0.3, 0.4) is 0 Å². The molecule has 0 spiro atoms. The SMILES string of the molecule is O[C@H](c1ccccc1)[C@]1(c2ccccc2)CCCC[C@@H]1O. The lowest BCUT2D eigenvalue weighted by Gasteiger charge is -2.45. The zero-order valence-corrected chi connectivity index (χ0v) is 12.2. The fourth-order valence-electron chi connectivity index (χ4n) is 3.67. The van der Waals surface area contributed by atoms with Crippen molar-refractivity contribution >= 4 is 0 Å². The van der Waals surface area contributed by atoms with Crippen LogP contribution >= 0.6 is 0 Å². The minimum absolute atomic E-state index is 0.510. The fraction of sp³-hybridized carbons (Fsp3) is 0.368. The van der Waals surface area contributed by atoms with Crippen LogP contribution in [0.1, 0.15) is 42.9 Å². The summed E-state index contributed by atoms with van der Waals surface area (Å²) in [5.74, 6) is 0. The highest BCUT2D eigenvalue weighted by Crippen LogP contribution is 2.48. The van der Waals surface area contributed by atoms with E-state index in [-0.39, 0.29) is 0 Å². The first-order valence-electron chi connectivity index (χ1n) is 7.72. The lowest BCUT2D eigenvalue weighted by atomic mass is 9.62. The minimum atomic E-state index is -0.684. The predicted octanol–water partition coefficient (Wildman–Crippen LogP) is 3.59. The molecule has 0 radical (unpaired) electrons. The Balaban J connectivity index is 2.08. The third-order valence-corrected chi connectivity index (χ3v) is 4.83. The average Bonchev–Trinajstić information content (AvgIpc) is 2.56. The smallest absolute Gasteiger partial charge is 0.0911 e. The van der Waals surface area contributed by atoms with Gasteiger partial charge in [-0.15, -0.1) is 0 Å². The van der Waals surface area contributed by atoms with Gasteiger partial charge in [0.1, 0.15) is 0 Å². The Morgan fingerprint density at radius 3 is 2.14 bits per heavy atom. The summed E-state index contributed by atoms with van der Waals surface area (Å²) in [7, 11) is 0. The Labute approximate surface area is 126 Å². The van der Waals surface area contributed by atoms with E-state index in [1.807, 2.05) is 60.7 Å². The summed E-state index contributed by atoms with van der Waals surface area (Å²) in [6, 6.07) is 19.7. The largest absolute Gasteiger partial charge is 0.392 e. The second-order valence-corrected chi connectivity index (χ2v) is 5.98. The van der Waals surface area contributed by atoms with Gasteiger partial charge in [0.25, 0.3) is 0 Å². The molecule has 1 aliphatic carbocycles. The van der Waals surface area contributed by atoms with Crippen LogP contribution in [0.5, 0.6) is 0 Å². The first-order valence-corrected chi connectivity index (χ1v) is 7.72. The molecule has 0 unspecified atom stereocenters. The number of hydrogen-bond acceptors (Lipinski definition) is 2. The second-order valence-electron chi connectivity index (χ2n) is 5.98. The van der Waals surface area contributed by atoms with Crippen molar-refractivity contribution in [2.75, 3.05) is 0 Å². The molecule has 2 aromatic rings. The molecule has 21 heavy (non-hydrogen) atoms. The summed E-state index contributed by atoms with van der Waals surface area (Å²) in [6.07, 6.45) is 2.43. The Kier molecular flexibility index (Phi) is 4.09. The quantitative estimate of drug-likeness (QED) is 0.903. The summed E-state index contributed by atoms with van der Waals surface area (Å²) in [4.78, 5) is 0. The van der Waals surface area contributed by atoms with Crippen LogP contribution in [-0.4, -0.2) is 16.3 Å². The van der Waals surface area contributed by atoms with Crippen LogP contribution in [0.25, 0.3) is 0 Å². The molecular weight excluding hydrogens is 260 g/mol. The van der Waals surface area contributed by atoms with Gasteiger partial charge in [-0.25, -0.2) is 0 Å². The highest BCUT2D eigenvalue weighted by molar-refractivity contribution is 5.34. The molecule has 1 saturated carbocycles. The Morgan fingerprint density at radius 1 is 0.905 bits per heavy atom.